The maximum absolute atomic E-state index is 12.6. The monoisotopic (exact) mass is 389 g/mol. The van der Waals surface area contributed by atoms with Crippen LogP contribution in [0.2, 0.25) is 0 Å². The Morgan fingerprint density at radius 1 is 1.00 bits per heavy atom. The highest BCUT2D eigenvalue weighted by Gasteiger charge is 2.24. The van der Waals surface area contributed by atoms with Gasteiger partial charge in [-0.1, -0.05) is 12.1 Å². The maximum atomic E-state index is 12.6. The molecule has 1 aliphatic heterocycles. The first kappa shape index (κ1) is 19.2. The van der Waals surface area contributed by atoms with Crippen LogP contribution in [0, 0.1) is 0 Å². The van der Waals surface area contributed by atoms with Gasteiger partial charge in [-0.05, 0) is 36.4 Å². The zero-order valence-corrected chi connectivity index (χ0v) is 16.2. The van der Waals surface area contributed by atoms with Gasteiger partial charge in [0.25, 0.3) is 5.91 Å². The maximum Gasteiger partial charge on any atom is 0.255 e. The number of para-hydroxylation sites is 2. The predicted octanol–water partition coefficient (Wildman–Crippen LogP) is 2.03. The number of anilines is 2. The van der Waals surface area contributed by atoms with Crippen LogP contribution in [0.1, 0.15) is 10.4 Å². The van der Waals surface area contributed by atoms with Crippen molar-refractivity contribution in [3.05, 3.63) is 54.1 Å². The Morgan fingerprint density at radius 2 is 1.63 bits per heavy atom. The molecule has 1 N–H and O–H groups in total. The molecule has 1 heterocycles. The van der Waals surface area contributed by atoms with Crippen LogP contribution in [0.15, 0.2) is 48.5 Å². The molecule has 0 atom stereocenters. The summed E-state index contributed by atoms with van der Waals surface area (Å²) < 4.78 is 30.0. The molecule has 0 radical (unpaired) electrons. The molecule has 0 spiro atoms. The van der Waals surface area contributed by atoms with E-state index in [9.17, 15) is 13.2 Å². The van der Waals surface area contributed by atoms with E-state index < -0.39 is 10.0 Å². The minimum Gasteiger partial charge on any atom is -0.497 e. The van der Waals surface area contributed by atoms with Crippen molar-refractivity contribution in [2.45, 2.75) is 0 Å². The van der Waals surface area contributed by atoms with Crippen molar-refractivity contribution < 1.29 is 17.9 Å². The zero-order valence-electron chi connectivity index (χ0n) is 15.4. The quantitative estimate of drug-likeness (QED) is 0.847. The van der Waals surface area contributed by atoms with Crippen molar-refractivity contribution in [1.82, 2.24) is 4.31 Å². The van der Waals surface area contributed by atoms with Gasteiger partial charge in [-0.25, -0.2) is 8.42 Å². The van der Waals surface area contributed by atoms with Crippen LogP contribution in [0.3, 0.4) is 0 Å². The van der Waals surface area contributed by atoms with E-state index in [0.717, 1.165) is 5.69 Å². The van der Waals surface area contributed by atoms with E-state index in [0.29, 0.717) is 43.2 Å². The summed E-state index contributed by atoms with van der Waals surface area (Å²) in [5.74, 6) is 0.482. The van der Waals surface area contributed by atoms with Gasteiger partial charge in [0, 0.05) is 31.7 Å². The Balaban J connectivity index is 1.73. The summed E-state index contributed by atoms with van der Waals surface area (Å²) >= 11 is 0. The number of carbonyl (C=O) groups excluding carboxylic acids is 1. The minimum atomic E-state index is -3.18. The van der Waals surface area contributed by atoms with E-state index in [1.54, 1.807) is 31.4 Å². The summed E-state index contributed by atoms with van der Waals surface area (Å²) in [7, 11) is -1.60. The van der Waals surface area contributed by atoms with E-state index >= 15 is 0 Å². The van der Waals surface area contributed by atoms with Crippen molar-refractivity contribution in [3.63, 3.8) is 0 Å². The molecule has 1 saturated heterocycles. The summed E-state index contributed by atoms with van der Waals surface area (Å²) in [6.45, 7) is 2.00. The number of benzene rings is 2. The fourth-order valence-corrected chi connectivity index (χ4v) is 3.88. The first-order valence-electron chi connectivity index (χ1n) is 8.63. The first-order chi connectivity index (χ1) is 12.9. The number of ether oxygens (including phenoxy) is 1. The number of carbonyl (C=O) groups is 1. The van der Waals surface area contributed by atoms with E-state index in [4.69, 9.17) is 4.74 Å². The highest BCUT2D eigenvalue weighted by atomic mass is 32.2. The lowest BCUT2D eigenvalue weighted by Crippen LogP contribution is -2.48. The second kappa shape index (κ2) is 7.98. The SMILES string of the molecule is COc1ccc(C(=O)Nc2ccccc2N2CCN(S(C)(=O)=O)CC2)cc1. The van der Waals surface area contributed by atoms with Crippen molar-refractivity contribution in [2.24, 2.45) is 0 Å². The average Bonchev–Trinajstić information content (AvgIpc) is 2.68. The van der Waals surface area contributed by atoms with Gasteiger partial charge in [0.05, 0.1) is 24.7 Å². The molecule has 2 aromatic rings. The number of piperazine rings is 1. The first-order valence-corrected chi connectivity index (χ1v) is 10.5. The third-order valence-corrected chi connectivity index (χ3v) is 5.86. The predicted molar refractivity (Wildman–Crippen MR) is 106 cm³/mol. The lowest BCUT2D eigenvalue weighted by Gasteiger charge is -2.35. The number of sulfonamides is 1. The van der Waals surface area contributed by atoms with Gasteiger partial charge in [0.2, 0.25) is 10.0 Å². The average molecular weight is 389 g/mol. The largest absolute Gasteiger partial charge is 0.497 e. The Hall–Kier alpha value is -2.58. The van der Waals surface area contributed by atoms with Crippen LogP contribution in [-0.2, 0) is 10.0 Å². The Morgan fingerprint density at radius 3 is 2.22 bits per heavy atom. The highest BCUT2D eigenvalue weighted by Crippen LogP contribution is 2.27. The third-order valence-electron chi connectivity index (χ3n) is 4.55. The molecular formula is C19H23N3O4S. The van der Waals surface area contributed by atoms with Crippen molar-refractivity contribution in [2.75, 3.05) is 49.8 Å². The third kappa shape index (κ3) is 4.58. The van der Waals surface area contributed by atoms with E-state index in [2.05, 4.69) is 10.2 Å². The highest BCUT2D eigenvalue weighted by molar-refractivity contribution is 7.88. The molecule has 0 aromatic heterocycles. The van der Waals surface area contributed by atoms with E-state index in [1.807, 2.05) is 24.3 Å². The van der Waals surface area contributed by atoms with Gasteiger partial charge in [0.1, 0.15) is 5.75 Å². The minimum absolute atomic E-state index is 0.208. The van der Waals surface area contributed by atoms with E-state index in [1.165, 1.54) is 10.6 Å². The van der Waals surface area contributed by atoms with Crippen LogP contribution < -0.4 is 15.0 Å². The van der Waals surface area contributed by atoms with Crippen molar-refractivity contribution in [1.29, 1.82) is 0 Å². The lowest BCUT2D eigenvalue weighted by atomic mass is 10.1. The molecular weight excluding hydrogens is 366 g/mol. The number of nitrogens with one attached hydrogen (secondary N) is 1. The van der Waals surface area contributed by atoms with Crippen LogP contribution in [0.25, 0.3) is 0 Å². The molecule has 0 bridgehead atoms. The molecule has 0 saturated carbocycles. The molecule has 1 fully saturated rings. The fraction of sp³-hybridized carbons (Fsp3) is 0.316. The van der Waals surface area contributed by atoms with Gasteiger partial charge in [-0.15, -0.1) is 0 Å². The van der Waals surface area contributed by atoms with Gasteiger partial charge >= 0.3 is 0 Å². The van der Waals surface area contributed by atoms with Crippen LogP contribution in [0.4, 0.5) is 11.4 Å². The molecule has 3 rings (SSSR count). The zero-order chi connectivity index (χ0) is 19.4. The smallest absolute Gasteiger partial charge is 0.255 e. The summed E-state index contributed by atoms with van der Waals surface area (Å²) in [6, 6.07) is 14.4. The summed E-state index contributed by atoms with van der Waals surface area (Å²) in [4.78, 5) is 14.7. The Kier molecular flexibility index (Phi) is 5.67. The standard InChI is InChI=1S/C19H23N3O4S/c1-26-16-9-7-15(8-10-16)19(23)20-17-5-3-4-6-18(17)21-11-13-22(14-12-21)27(2,24)25/h3-10H,11-14H2,1-2H3,(H,20,23). The number of nitrogens with zero attached hydrogens (tertiary/aromatic N) is 2. The van der Waals surface area contributed by atoms with Crippen molar-refractivity contribution in [3.8, 4) is 5.75 Å². The van der Waals surface area contributed by atoms with Gasteiger partial charge in [-0.3, -0.25) is 4.79 Å². The number of amides is 1. The van der Waals surface area contributed by atoms with E-state index in [-0.39, 0.29) is 5.91 Å². The Bertz CT molecular complexity index is 905. The second-order valence-corrected chi connectivity index (χ2v) is 8.33. The lowest BCUT2D eigenvalue weighted by molar-refractivity contribution is 0.102. The summed E-state index contributed by atoms with van der Waals surface area (Å²) in [6.07, 6.45) is 1.23. The van der Waals surface area contributed by atoms with Gasteiger partial charge in [0.15, 0.2) is 0 Å². The normalized spacial score (nSPS) is 15.4. The van der Waals surface area contributed by atoms with Crippen LogP contribution in [-0.4, -0.2) is 58.2 Å². The number of hydrogen-bond donors (Lipinski definition) is 1. The fourth-order valence-electron chi connectivity index (χ4n) is 3.05. The second-order valence-electron chi connectivity index (χ2n) is 6.35. The Labute approximate surface area is 159 Å². The molecule has 144 valence electrons. The molecule has 27 heavy (non-hydrogen) atoms. The molecule has 7 nitrogen and oxygen atoms in total. The van der Waals surface area contributed by atoms with Crippen LogP contribution in [0.5, 0.6) is 5.75 Å². The number of hydrogen-bond acceptors (Lipinski definition) is 5. The molecule has 8 heteroatoms. The summed E-state index contributed by atoms with van der Waals surface area (Å²) in [5.41, 5.74) is 2.12. The summed E-state index contributed by atoms with van der Waals surface area (Å²) in [5, 5.41) is 2.95. The number of rotatable bonds is 5. The molecule has 1 aliphatic rings. The van der Waals surface area contributed by atoms with Crippen LogP contribution >= 0.6 is 0 Å². The van der Waals surface area contributed by atoms with Gasteiger partial charge in [-0.2, -0.15) is 4.31 Å². The van der Waals surface area contributed by atoms with Crippen molar-refractivity contribution >= 4 is 27.3 Å². The molecule has 0 aliphatic carbocycles. The number of methoxy groups -OCH3 is 1. The molecule has 1 amide bonds. The van der Waals surface area contributed by atoms with Gasteiger partial charge < -0.3 is 15.0 Å². The molecule has 2 aromatic carbocycles. The molecule has 0 unspecified atom stereocenters. The topological polar surface area (TPSA) is 79.0 Å².